The maximum absolute atomic E-state index is 11.4. The minimum atomic E-state index is -0.464. The van der Waals surface area contributed by atoms with E-state index in [4.69, 9.17) is 9.47 Å². The minimum absolute atomic E-state index is 0.189. The Kier molecular flexibility index (Phi) is 4.57. The number of amides is 1. The average molecular weight is 225 g/mol. The van der Waals surface area contributed by atoms with E-state index in [9.17, 15) is 9.59 Å². The van der Waals surface area contributed by atoms with Gasteiger partial charge in [-0.25, -0.2) is 9.59 Å². The predicted octanol–water partition coefficient (Wildman–Crippen LogP) is 1.46. The smallest absolute Gasteiger partial charge is 0.414 e. The molecule has 0 N–H and O–H groups in total. The third-order valence-corrected chi connectivity index (χ3v) is 1.94. The average Bonchev–Trinajstić information content (AvgIpc) is 2.30. The van der Waals surface area contributed by atoms with Crippen molar-refractivity contribution in [2.24, 2.45) is 0 Å². The molecule has 5 heteroatoms. The Morgan fingerprint density at radius 3 is 2.62 bits per heavy atom. The van der Waals surface area contributed by atoms with Crippen LogP contribution in [0.1, 0.15) is 13.8 Å². The lowest BCUT2D eigenvalue weighted by molar-refractivity contribution is -0.138. The lowest BCUT2D eigenvalue weighted by atomic mass is 10.2. The van der Waals surface area contributed by atoms with E-state index < -0.39 is 12.1 Å². The molecule has 5 nitrogen and oxygen atoms in total. The maximum atomic E-state index is 11.4. The highest BCUT2D eigenvalue weighted by atomic mass is 16.6. The van der Waals surface area contributed by atoms with Crippen LogP contribution in [0.2, 0.25) is 0 Å². The van der Waals surface area contributed by atoms with Gasteiger partial charge < -0.3 is 9.47 Å². The molecule has 16 heavy (non-hydrogen) atoms. The molecule has 0 aromatic rings. The molecule has 0 spiro atoms. The topological polar surface area (TPSA) is 55.8 Å². The van der Waals surface area contributed by atoms with Gasteiger partial charge in [-0.05, 0) is 26.0 Å². The summed E-state index contributed by atoms with van der Waals surface area (Å²) < 4.78 is 9.68. The summed E-state index contributed by atoms with van der Waals surface area (Å²) in [6.07, 6.45) is 4.36. The summed E-state index contributed by atoms with van der Waals surface area (Å²) in [5.74, 6) is -0.402. The summed E-state index contributed by atoms with van der Waals surface area (Å²) in [6.45, 7) is 4.28. The number of nitrogens with zero attached hydrogens (tertiary/aromatic N) is 1. The Balaban J connectivity index is 2.59. The first-order chi connectivity index (χ1) is 7.69. The lowest BCUT2D eigenvalue weighted by Gasteiger charge is -2.20. The van der Waals surface area contributed by atoms with Crippen LogP contribution in [0.5, 0.6) is 0 Å². The summed E-state index contributed by atoms with van der Waals surface area (Å²) in [5.41, 5.74) is 0.442. The molecule has 0 aromatic heterocycles. The van der Waals surface area contributed by atoms with Crippen molar-refractivity contribution in [3.05, 3.63) is 23.9 Å². The fraction of sp³-hybridized carbons (Fsp3) is 0.455. The molecule has 1 heterocycles. The normalized spacial score (nSPS) is 14.4. The number of esters is 1. The van der Waals surface area contributed by atoms with Gasteiger partial charge in [0, 0.05) is 6.20 Å². The van der Waals surface area contributed by atoms with Crippen LogP contribution in [0.15, 0.2) is 23.9 Å². The van der Waals surface area contributed by atoms with Gasteiger partial charge in [-0.1, -0.05) is 0 Å². The molecule has 1 aliphatic rings. The molecular formula is C11H15NO4. The van der Waals surface area contributed by atoms with Crippen LogP contribution in [0.3, 0.4) is 0 Å². The first kappa shape index (κ1) is 12.3. The zero-order valence-corrected chi connectivity index (χ0v) is 9.43. The van der Waals surface area contributed by atoms with Crippen molar-refractivity contribution in [3.63, 3.8) is 0 Å². The van der Waals surface area contributed by atoms with Crippen molar-refractivity contribution in [3.8, 4) is 0 Å². The Morgan fingerprint density at radius 2 is 2.00 bits per heavy atom. The van der Waals surface area contributed by atoms with Crippen LogP contribution < -0.4 is 0 Å². The predicted molar refractivity (Wildman–Crippen MR) is 57.6 cm³/mol. The van der Waals surface area contributed by atoms with Gasteiger partial charge in [0.2, 0.25) is 0 Å². The second kappa shape index (κ2) is 5.95. The fourth-order valence-corrected chi connectivity index (χ4v) is 1.24. The number of hydrogen-bond acceptors (Lipinski definition) is 4. The van der Waals surface area contributed by atoms with E-state index in [-0.39, 0.29) is 6.54 Å². The number of rotatable bonds is 3. The quantitative estimate of drug-likeness (QED) is 0.682. The molecular weight excluding hydrogens is 210 g/mol. The second-order valence-electron chi connectivity index (χ2n) is 3.08. The van der Waals surface area contributed by atoms with Crippen molar-refractivity contribution in [2.45, 2.75) is 13.8 Å². The number of ether oxygens (including phenoxy) is 2. The highest BCUT2D eigenvalue weighted by molar-refractivity contribution is 5.90. The molecule has 1 aliphatic heterocycles. The van der Waals surface area contributed by atoms with E-state index in [1.165, 1.54) is 4.90 Å². The number of allylic oxidation sites excluding steroid dienone is 2. The third-order valence-electron chi connectivity index (χ3n) is 1.94. The maximum Gasteiger partial charge on any atom is 0.414 e. The highest BCUT2D eigenvalue weighted by Crippen LogP contribution is 2.10. The standard InChI is InChI=1S/C11H15NO4/c1-3-15-10(13)9-6-5-7-12(8-9)11(14)16-4-2/h5-7H,3-4,8H2,1-2H3. The van der Waals surface area contributed by atoms with Gasteiger partial charge in [-0.15, -0.1) is 0 Å². The van der Waals surface area contributed by atoms with Crippen LogP contribution in [-0.4, -0.2) is 36.7 Å². The van der Waals surface area contributed by atoms with Crippen LogP contribution in [-0.2, 0) is 14.3 Å². The fourth-order valence-electron chi connectivity index (χ4n) is 1.24. The van der Waals surface area contributed by atoms with E-state index in [1.807, 2.05) is 0 Å². The minimum Gasteiger partial charge on any atom is -0.463 e. The van der Waals surface area contributed by atoms with Crippen LogP contribution in [0.25, 0.3) is 0 Å². The molecule has 1 amide bonds. The zero-order valence-electron chi connectivity index (χ0n) is 9.43. The molecule has 0 bridgehead atoms. The largest absolute Gasteiger partial charge is 0.463 e. The Morgan fingerprint density at radius 1 is 1.31 bits per heavy atom. The Hall–Kier alpha value is -1.78. The molecule has 0 saturated carbocycles. The molecule has 0 unspecified atom stereocenters. The Bertz CT molecular complexity index is 333. The Labute approximate surface area is 94.3 Å². The van der Waals surface area contributed by atoms with Crippen molar-refractivity contribution in [1.29, 1.82) is 0 Å². The molecule has 1 rings (SSSR count). The summed E-state index contributed by atoms with van der Waals surface area (Å²) in [6, 6.07) is 0. The van der Waals surface area contributed by atoms with Crippen molar-refractivity contribution in [1.82, 2.24) is 4.90 Å². The van der Waals surface area contributed by atoms with E-state index in [2.05, 4.69) is 0 Å². The highest BCUT2D eigenvalue weighted by Gasteiger charge is 2.20. The summed E-state index contributed by atoms with van der Waals surface area (Å²) in [4.78, 5) is 24.1. The molecule has 0 saturated heterocycles. The number of carbonyl (C=O) groups is 2. The first-order valence-corrected chi connectivity index (χ1v) is 5.16. The molecule has 0 aromatic carbocycles. The van der Waals surface area contributed by atoms with Crippen molar-refractivity contribution >= 4 is 12.1 Å². The lowest BCUT2D eigenvalue weighted by Crippen LogP contribution is -2.32. The van der Waals surface area contributed by atoms with Gasteiger partial charge in [-0.2, -0.15) is 0 Å². The molecule has 0 atom stereocenters. The second-order valence-corrected chi connectivity index (χ2v) is 3.08. The first-order valence-electron chi connectivity index (χ1n) is 5.16. The number of carbonyl (C=O) groups excluding carboxylic acids is 2. The zero-order chi connectivity index (χ0) is 12.0. The van der Waals surface area contributed by atoms with E-state index in [0.29, 0.717) is 18.8 Å². The van der Waals surface area contributed by atoms with E-state index in [0.717, 1.165) is 0 Å². The van der Waals surface area contributed by atoms with E-state index in [1.54, 1.807) is 32.2 Å². The SMILES string of the molecule is CCOC(=O)C1=CC=CN(C(=O)OCC)C1. The van der Waals surface area contributed by atoms with Crippen LogP contribution in [0, 0.1) is 0 Å². The van der Waals surface area contributed by atoms with Crippen LogP contribution in [0.4, 0.5) is 4.79 Å². The molecule has 0 aliphatic carbocycles. The van der Waals surface area contributed by atoms with Crippen LogP contribution >= 0.6 is 0 Å². The monoisotopic (exact) mass is 225 g/mol. The van der Waals surface area contributed by atoms with Gasteiger partial charge in [-0.3, -0.25) is 4.90 Å². The molecule has 0 fully saturated rings. The van der Waals surface area contributed by atoms with E-state index >= 15 is 0 Å². The summed E-state index contributed by atoms with van der Waals surface area (Å²) in [7, 11) is 0. The summed E-state index contributed by atoms with van der Waals surface area (Å²) >= 11 is 0. The van der Waals surface area contributed by atoms with Gasteiger partial charge in [0.05, 0.1) is 25.3 Å². The van der Waals surface area contributed by atoms with Crippen molar-refractivity contribution < 1.29 is 19.1 Å². The van der Waals surface area contributed by atoms with Gasteiger partial charge in [0.15, 0.2) is 0 Å². The summed E-state index contributed by atoms with van der Waals surface area (Å²) in [5, 5.41) is 0. The van der Waals surface area contributed by atoms with Gasteiger partial charge >= 0.3 is 12.1 Å². The van der Waals surface area contributed by atoms with Gasteiger partial charge in [0.1, 0.15) is 0 Å². The number of hydrogen-bond donors (Lipinski definition) is 0. The van der Waals surface area contributed by atoms with Crippen molar-refractivity contribution in [2.75, 3.05) is 19.8 Å². The molecule has 88 valence electrons. The van der Waals surface area contributed by atoms with Gasteiger partial charge in [0.25, 0.3) is 0 Å². The third kappa shape index (κ3) is 3.12. The molecule has 0 radical (unpaired) electrons.